The van der Waals surface area contributed by atoms with Crippen molar-refractivity contribution in [1.29, 1.82) is 0 Å². The minimum absolute atomic E-state index is 0.118. The highest BCUT2D eigenvalue weighted by Gasteiger charge is 2.29. The van der Waals surface area contributed by atoms with E-state index in [1.165, 1.54) is 11.3 Å². The van der Waals surface area contributed by atoms with Gasteiger partial charge in [-0.1, -0.05) is 23.2 Å². The van der Waals surface area contributed by atoms with Gasteiger partial charge in [-0.3, -0.25) is 4.79 Å². The van der Waals surface area contributed by atoms with Crippen molar-refractivity contribution in [1.82, 2.24) is 0 Å². The Morgan fingerprint density at radius 3 is 2.88 bits per heavy atom. The molecule has 2 heterocycles. The molecule has 2 rings (SSSR count). The number of nitrogens with zero attached hydrogens (tertiary/aromatic N) is 1. The van der Waals surface area contributed by atoms with Crippen molar-refractivity contribution in [2.24, 2.45) is 0 Å². The molecule has 1 aliphatic rings. The van der Waals surface area contributed by atoms with Gasteiger partial charge in [0.05, 0.1) is 10.7 Å². The first-order valence-electron chi connectivity index (χ1n) is 4.89. The van der Waals surface area contributed by atoms with Crippen LogP contribution in [0.1, 0.15) is 12.8 Å². The predicted octanol–water partition coefficient (Wildman–Crippen LogP) is 3.91. The number of carbonyl (C=O) groups excluding carboxylic acids is 1. The molecule has 1 atom stereocenters. The largest absolute Gasteiger partial charge is 0.308 e. The van der Waals surface area contributed by atoms with Gasteiger partial charge < -0.3 is 4.90 Å². The Bertz CT molecular complexity index is 388. The van der Waals surface area contributed by atoms with Gasteiger partial charge in [0.2, 0.25) is 5.91 Å². The normalized spacial score (nSPS) is 21.6. The number of thiophene rings is 1. The summed E-state index contributed by atoms with van der Waals surface area (Å²) in [7, 11) is 0. The third-order valence-electron chi connectivity index (χ3n) is 2.65. The molecule has 2 nitrogen and oxygen atoms in total. The van der Waals surface area contributed by atoms with Crippen molar-refractivity contribution in [2.75, 3.05) is 17.7 Å². The number of rotatable bonds is 2. The van der Waals surface area contributed by atoms with Gasteiger partial charge in [0.15, 0.2) is 0 Å². The Morgan fingerprint density at radius 1 is 1.56 bits per heavy atom. The Morgan fingerprint density at radius 2 is 2.31 bits per heavy atom. The second-order valence-electron chi connectivity index (χ2n) is 3.61. The number of piperidine rings is 1. The fourth-order valence-electron chi connectivity index (χ4n) is 1.77. The zero-order chi connectivity index (χ0) is 11.7. The molecule has 0 saturated carbocycles. The van der Waals surface area contributed by atoms with Crippen molar-refractivity contribution >= 4 is 57.9 Å². The quantitative estimate of drug-likeness (QED) is 0.824. The molecular weight excluding hydrogens is 285 g/mol. The summed E-state index contributed by atoms with van der Waals surface area (Å²) in [4.78, 5) is 13.6. The molecule has 1 aliphatic heterocycles. The van der Waals surface area contributed by atoms with Crippen LogP contribution in [0, 0.1) is 0 Å². The molecule has 1 aromatic rings. The van der Waals surface area contributed by atoms with E-state index in [1.807, 2.05) is 0 Å². The third-order valence-corrected chi connectivity index (χ3v) is 5.32. The topological polar surface area (TPSA) is 20.3 Å². The molecule has 1 fully saturated rings. The summed E-state index contributed by atoms with van der Waals surface area (Å²) < 4.78 is 0.597. The highest BCUT2D eigenvalue weighted by molar-refractivity contribution is 7.99. The van der Waals surface area contributed by atoms with E-state index in [4.69, 9.17) is 23.2 Å². The second-order valence-corrected chi connectivity index (χ2v) is 6.63. The van der Waals surface area contributed by atoms with Crippen LogP contribution >= 0.6 is 46.3 Å². The molecule has 1 saturated heterocycles. The Kier molecular flexibility index (Phi) is 4.06. The predicted molar refractivity (Wildman–Crippen MR) is 73.2 cm³/mol. The zero-order valence-corrected chi connectivity index (χ0v) is 11.8. The van der Waals surface area contributed by atoms with Crippen molar-refractivity contribution in [3.63, 3.8) is 0 Å². The Hall–Kier alpha value is 0.1000. The van der Waals surface area contributed by atoms with Crippen LogP contribution in [0.25, 0.3) is 0 Å². The van der Waals surface area contributed by atoms with Gasteiger partial charge in [0.1, 0.15) is 4.34 Å². The molecule has 0 aliphatic carbocycles. The van der Waals surface area contributed by atoms with Crippen LogP contribution < -0.4 is 4.90 Å². The molecule has 6 heteroatoms. The molecule has 0 spiro atoms. The summed E-state index contributed by atoms with van der Waals surface area (Å²) in [6.07, 6.45) is 3.58. The summed E-state index contributed by atoms with van der Waals surface area (Å²) in [5, 5.41) is 2.82. The molecule has 0 radical (unpaired) electrons. The van der Waals surface area contributed by atoms with Gasteiger partial charge in [-0.05, 0) is 12.7 Å². The standard InChI is InChI=1S/C10H11Cl2NOS2/c1-15-6-2-3-8(14)13(4-6)9-7(11)5-16-10(9)12/h5-6H,2-4H2,1H3. The summed E-state index contributed by atoms with van der Waals surface area (Å²) in [6, 6.07) is 0. The monoisotopic (exact) mass is 295 g/mol. The molecule has 0 bridgehead atoms. The van der Waals surface area contributed by atoms with Crippen LogP contribution in [0.5, 0.6) is 0 Å². The van der Waals surface area contributed by atoms with E-state index in [9.17, 15) is 4.79 Å². The minimum Gasteiger partial charge on any atom is -0.308 e. The Labute approximate surface area is 113 Å². The van der Waals surface area contributed by atoms with Crippen LogP contribution in [0.3, 0.4) is 0 Å². The zero-order valence-electron chi connectivity index (χ0n) is 8.70. The van der Waals surface area contributed by atoms with E-state index >= 15 is 0 Å². The van der Waals surface area contributed by atoms with Crippen molar-refractivity contribution < 1.29 is 4.79 Å². The lowest BCUT2D eigenvalue weighted by Gasteiger charge is -2.31. The number of carbonyl (C=O) groups is 1. The number of amides is 1. The van der Waals surface area contributed by atoms with Crippen molar-refractivity contribution in [3.8, 4) is 0 Å². The van der Waals surface area contributed by atoms with Crippen LogP contribution in [0.4, 0.5) is 5.69 Å². The van der Waals surface area contributed by atoms with Gasteiger partial charge in [-0.2, -0.15) is 11.8 Å². The van der Waals surface area contributed by atoms with E-state index in [0.29, 0.717) is 33.3 Å². The number of thioether (sulfide) groups is 1. The van der Waals surface area contributed by atoms with Gasteiger partial charge in [-0.25, -0.2) is 0 Å². The number of halogens is 2. The highest BCUT2D eigenvalue weighted by Crippen LogP contribution is 2.41. The van der Waals surface area contributed by atoms with E-state index < -0.39 is 0 Å². The molecule has 0 aromatic carbocycles. The smallest absolute Gasteiger partial charge is 0.227 e. The lowest BCUT2D eigenvalue weighted by atomic mass is 10.1. The average Bonchev–Trinajstić information content (AvgIpc) is 2.60. The molecule has 0 N–H and O–H groups in total. The van der Waals surface area contributed by atoms with Gasteiger partial charge in [0.25, 0.3) is 0 Å². The second kappa shape index (κ2) is 5.17. The fraction of sp³-hybridized carbons (Fsp3) is 0.500. The summed E-state index contributed by atoms with van der Waals surface area (Å²) in [6.45, 7) is 0.705. The number of hydrogen-bond acceptors (Lipinski definition) is 3. The maximum absolute atomic E-state index is 11.9. The Balaban J connectivity index is 2.28. The summed E-state index contributed by atoms with van der Waals surface area (Å²) >= 11 is 15.3. The first-order valence-corrected chi connectivity index (χ1v) is 7.81. The highest BCUT2D eigenvalue weighted by atomic mass is 35.5. The van der Waals surface area contributed by atoms with Gasteiger partial charge in [-0.15, -0.1) is 11.3 Å². The molecule has 16 heavy (non-hydrogen) atoms. The van der Waals surface area contributed by atoms with E-state index in [1.54, 1.807) is 22.0 Å². The maximum Gasteiger partial charge on any atom is 0.227 e. The van der Waals surface area contributed by atoms with Crippen molar-refractivity contribution in [2.45, 2.75) is 18.1 Å². The van der Waals surface area contributed by atoms with Gasteiger partial charge >= 0.3 is 0 Å². The van der Waals surface area contributed by atoms with Gasteiger partial charge in [0, 0.05) is 23.6 Å². The minimum atomic E-state index is 0.118. The number of anilines is 1. The molecular formula is C10H11Cl2NOS2. The van der Waals surface area contributed by atoms with Crippen LogP contribution in [0.15, 0.2) is 5.38 Å². The lowest BCUT2D eigenvalue weighted by molar-refractivity contribution is -0.119. The maximum atomic E-state index is 11.9. The molecule has 1 amide bonds. The average molecular weight is 296 g/mol. The molecule has 88 valence electrons. The fourth-order valence-corrected chi connectivity index (χ4v) is 3.84. The van der Waals surface area contributed by atoms with Crippen LogP contribution in [-0.2, 0) is 4.79 Å². The van der Waals surface area contributed by atoms with E-state index in [2.05, 4.69) is 6.26 Å². The van der Waals surface area contributed by atoms with Crippen molar-refractivity contribution in [3.05, 3.63) is 14.7 Å². The van der Waals surface area contributed by atoms with Crippen LogP contribution in [0.2, 0.25) is 9.36 Å². The first kappa shape index (κ1) is 12.6. The molecule has 1 aromatic heterocycles. The molecule has 1 unspecified atom stereocenters. The number of hydrogen-bond donors (Lipinski definition) is 0. The first-order chi connectivity index (χ1) is 7.63. The van der Waals surface area contributed by atoms with Crippen LogP contribution in [-0.4, -0.2) is 24.0 Å². The third kappa shape index (κ3) is 2.35. The summed E-state index contributed by atoms with van der Waals surface area (Å²) in [5.74, 6) is 0.118. The lowest BCUT2D eigenvalue weighted by Crippen LogP contribution is -2.41. The van der Waals surface area contributed by atoms with E-state index in [0.717, 1.165) is 6.42 Å². The van der Waals surface area contributed by atoms with E-state index in [-0.39, 0.29) is 5.91 Å². The SMILES string of the molecule is CSC1CCC(=O)N(c2c(Cl)csc2Cl)C1. The summed E-state index contributed by atoms with van der Waals surface area (Å²) in [5.41, 5.74) is 0.692.